The summed E-state index contributed by atoms with van der Waals surface area (Å²) in [5.41, 5.74) is 5.24. The fourth-order valence-corrected chi connectivity index (χ4v) is 0.667. The number of halogens is 3. The molecular weight excluding hydrogens is 166 g/mol. The number of hydrogen-bond acceptors (Lipinski definition) is 2. The first-order valence-electron chi connectivity index (χ1n) is 2.41. The summed E-state index contributed by atoms with van der Waals surface area (Å²) in [6, 6.07) is -0.264. The van der Waals surface area contributed by atoms with Crippen molar-refractivity contribution < 1.29 is 4.39 Å². The lowest BCUT2D eigenvalue weighted by Crippen LogP contribution is -2.29. The molecule has 1 fully saturated rings. The van der Waals surface area contributed by atoms with Crippen LogP contribution in [-0.4, -0.2) is 25.3 Å². The molecule has 0 radical (unpaired) electrons. The summed E-state index contributed by atoms with van der Waals surface area (Å²) in [5, 5.41) is 2.82. The predicted molar refractivity (Wildman–Crippen MR) is 40.2 cm³/mol. The quantitative estimate of drug-likeness (QED) is 0.550. The standard InChI is InChI=1S/C4H9FN2.2ClH/c5-3-1-7-2-4(3)6;;/h3-4,7H,1-2,6H2;2*1H/t3-,4-;;/m1../s1. The number of alkyl halides is 1. The fourth-order valence-electron chi connectivity index (χ4n) is 0.667. The summed E-state index contributed by atoms with van der Waals surface area (Å²) in [4.78, 5) is 0. The zero-order valence-electron chi connectivity index (χ0n) is 4.84. The van der Waals surface area contributed by atoms with Gasteiger partial charge in [-0.15, -0.1) is 24.8 Å². The first-order chi connectivity index (χ1) is 3.30. The van der Waals surface area contributed by atoms with Crippen LogP contribution >= 0.6 is 24.8 Å². The van der Waals surface area contributed by atoms with Crippen LogP contribution in [-0.2, 0) is 0 Å². The highest BCUT2D eigenvalue weighted by atomic mass is 35.5. The van der Waals surface area contributed by atoms with Crippen molar-refractivity contribution in [3.05, 3.63) is 0 Å². The molecule has 2 atom stereocenters. The first kappa shape index (κ1) is 12.1. The van der Waals surface area contributed by atoms with Crippen molar-refractivity contribution in [2.45, 2.75) is 12.2 Å². The van der Waals surface area contributed by atoms with Crippen molar-refractivity contribution >= 4 is 24.8 Å². The Morgan fingerprint density at radius 1 is 1.33 bits per heavy atom. The second-order valence-electron chi connectivity index (χ2n) is 1.84. The smallest absolute Gasteiger partial charge is 0.129 e. The molecule has 9 heavy (non-hydrogen) atoms. The Kier molecular flexibility index (Phi) is 7.06. The van der Waals surface area contributed by atoms with Crippen molar-refractivity contribution in [2.75, 3.05) is 13.1 Å². The highest BCUT2D eigenvalue weighted by Gasteiger charge is 2.21. The summed E-state index contributed by atoms with van der Waals surface area (Å²) in [6.07, 6.45) is -0.819. The van der Waals surface area contributed by atoms with Crippen molar-refractivity contribution in [2.24, 2.45) is 5.73 Å². The van der Waals surface area contributed by atoms with Gasteiger partial charge in [0, 0.05) is 19.1 Å². The van der Waals surface area contributed by atoms with Gasteiger partial charge in [-0.3, -0.25) is 0 Å². The summed E-state index contributed by atoms with van der Waals surface area (Å²) >= 11 is 0. The molecule has 0 aromatic heterocycles. The SMILES string of the molecule is Cl.Cl.N[C@@H]1CNC[C@H]1F. The van der Waals surface area contributed by atoms with E-state index in [1.54, 1.807) is 0 Å². The molecule has 0 spiro atoms. The minimum atomic E-state index is -0.819. The van der Waals surface area contributed by atoms with Crippen LogP contribution in [0.1, 0.15) is 0 Å². The maximum absolute atomic E-state index is 12.1. The summed E-state index contributed by atoms with van der Waals surface area (Å²) in [6.45, 7) is 1.06. The van der Waals surface area contributed by atoms with E-state index in [-0.39, 0.29) is 30.9 Å². The van der Waals surface area contributed by atoms with Gasteiger partial charge in [0.2, 0.25) is 0 Å². The average Bonchev–Trinajstić information content (AvgIpc) is 1.91. The largest absolute Gasteiger partial charge is 0.324 e. The number of nitrogens with two attached hydrogens (primary N) is 1. The van der Waals surface area contributed by atoms with E-state index in [9.17, 15) is 4.39 Å². The molecule has 0 saturated carbocycles. The third-order valence-corrected chi connectivity index (χ3v) is 1.18. The zero-order chi connectivity index (χ0) is 5.28. The Morgan fingerprint density at radius 3 is 2.00 bits per heavy atom. The van der Waals surface area contributed by atoms with E-state index in [2.05, 4.69) is 5.32 Å². The van der Waals surface area contributed by atoms with Crippen molar-refractivity contribution in [3.63, 3.8) is 0 Å². The van der Waals surface area contributed by atoms with Gasteiger partial charge < -0.3 is 11.1 Å². The molecule has 0 bridgehead atoms. The molecule has 0 aromatic carbocycles. The first-order valence-corrected chi connectivity index (χ1v) is 2.41. The zero-order valence-corrected chi connectivity index (χ0v) is 6.47. The molecule has 58 valence electrons. The van der Waals surface area contributed by atoms with Gasteiger partial charge >= 0.3 is 0 Å². The molecule has 1 heterocycles. The van der Waals surface area contributed by atoms with Crippen LogP contribution in [0.15, 0.2) is 0 Å². The van der Waals surface area contributed by atoms with Gasteiger partial charge in [-0.1, -0.05) is 0 Å². The van der Waals surface area contributed by atoms with E-state index < -0.39 is 6.17 Å². The number of nitrogens with one attached hydrogen (secondary N) is 1. The molecule has 0 amide bonds. The monoisotopic (exact) mass is 176 g/mol. The Labute approximate surface area is 66.2 Å². The van der Waals surface area contributed by atoms with E-state index in [0.29, 0.717) is 13.1 Å². The molecule has 0 aliphatic carbocycles. The average molecular weight is 177 g/mol. The minimum absolute atomic E-state index is 0. The molecule has 3 N–H and O–H groups in total. The van der Waals surface area contributed by atoms with Crippen molar-refractivity contribution in [1.29, 1.82) is 0 Å². The Hall–Kier alpha value is 0.430. The topological polar surface area (TPSA) is 38.0 Å². The maximum Gasteiger partial charge on any atom is 0.129 e. The van der Waals surface area contributed by atoms with Crippen LogP contribution < -0.4 is 11.1 Å². The Balaban J connectivity index is 0. The molecule has 0 unspecified atom stereocenters. The van der Waals surface area contributed by atoms with Crippen LogP contribution in [0.3, 0.4) is 0 Å². The van der Waals surface area contributed by atoms with Gasteiger partial charge in [0.25, 0.3) is 0 Å². The van der Waals surface area contributed by atoms with Crippen LogP contribution in [0.5, 0.6) is 0 Å². The lowest BCUT2D eigenvalue weighted by atomic mass is 10.3. The fraction of sp³-hybridized carbons (Fsp3) is 1.00. The molecule has 1 aliphatic heterocycles. The van der Waals surface area contributed by atoms with Crippen LogP contribution in [0.4, 0.5) is 4.39 Å². The highest BCUT2D eigenvalue weighted by molar-refractivity contribution is 5.85. The van der Waals surface area contributed by atoms with Crippen molar-refractivity contribution in [1.82, 2.24) is 5.32 Å². The normalized spacial score (nSPS) is 32.7. The molecular formula is C4H11Cl2FN2. The summed E-state index contributed by atoms with van der Waals surface area (Å²) in [7, 11) is 0. The van der Waals surface area contributed by atoms with Gasteiger partial charge in [-0.2, -0.15) is 0 Å². The molecule has 0 aromatic rings. The lowest BCUT2D eigenvalue weighted by molar-refractivity contribution is 0.332. The van der Waals surface area contributed by atoms with Gasteiger partial charge in [0.15, 0.2) is 0 Å². The van der Waals surface area contributed by atoms with Gasteiger partial charge in [0.1, 0.15) is 6.17 Å². The molecule has 1 aliphatic rings. The summed E-state index contributed by atoms with van der Waals surface area (Å²) in [5.74, 6) is 0. The van der Waals surface area contributed by atoms with Gasteiger partial charge in [0.05, 0.1) is 0 Å². The number of hydrogen-bond donors (Lipinski definition) is 2. The summed E-state index contributed by atoms with van der Waals surface area (Å²) < 4.78 is 12.1. The highest BCUT2D eigenvalue weighted by Crippen LogP contribution is 1.99. The van der Waals surface area contributed by atoms with E-state index in [0.717, 1.165) is 0 Å². The second-order valence-corrected chi connectivity index (χ2v) is 1.84. The molecule has 2 nitrogen and oxygen atoms in total. The van der Waals surface area contributed by atoms with Crippen LogP contribution in [0.25, 0.3) is 0 Å². The Morgan fingerprint density at radius 2 is 1.89 bits per heavy atom. The third kappa shape index (κ3) is 3.20. The molecule has 1 rings (SSSR count). The number of rotatable bonds is 0. The third-order valence-electron chi connectivity index (χ3n) is 1.18. The minimum Gasteiger partial charge on any atom is -0.324 e. The van der Waals surface area contributed by atoms with Gasteiger partial charge in [-0.05, 0) is 0 Å². The molecule has 5 heteroatoms. The molecule has 1 saturated heterocycles. The Bertz CT molecular complexity index is 65.6. The van der Waals surface area contributed by atoms with E-state index in [1.165, 1.54) is 0 Å². The predicted octanol–water partition coefficient (Wildman–Crippen LogP) is 0.0986. The lowest BCUT2D eigenvalue weighted by Gasteiger charge is -1.99. The van der Waals surface area contributed by atoms with E-state index >= 15 is 0 Å². The van der Waals surface area contributed by atoms with E-state index in [4.69, 9.17) is 5.73 Å². The van der Waals surface area contributed by atoms with Crippen molar-refractivity contribution in [3.8, 4) is 0 Å². The van der Waals surface area contributed by atoms with Crippen LogP contribution in [0.2, 0.25) is 0 Å². The van der Waals surface area contributed by atoms with E-state index in [1.807, 2.05) is 0 Å². The van der Waals surface area contributed by atoms with Gasteiger partial charge in [-0.25, -0.2) is 4.39 Å². The van der Waals surface area contributed by atoms with Crippen LogP contribution in [0, 0.1) is 0 Å². The maximum atomic E-state index is 12.1. The second kappa shape index (κ2) is 5.23.